The quantitative estimate of drug-likeness (QED) is 0.810. The van der Waals surface area contributed by atoms with Gasteiger partial charge >= 0.3 is 5.97 Å². The third-order valence-corrected chi connectivity index (χ3v) is 3.31. The van der Waals surface area contributed by atoms with Crippen LogP contribution in [0.1, 0.15) is 13.8 Å². The van der Waals surface area contributed by atoms with Crippen molar-refractivity contribution in [1.82, 2.24) is 9.78 Å². The molecule has 0 spiro atoms. The van der Waals surface area contributed by atoms with Gasteiger partial charge in [-0.2, -0.15) is 5.10 Å². The average molecular weight is 214 g/mol. The molecule has 0 radical (unpaired) electrons. The third-order valence-electron chi connectivity index (χ3n) is 1.79. The second-order valence-corrected chi connectivity index (χ2v) is 4.44. The molecule has 0 aliphatic heterocycles. The maximum absolute atomic E-state index is 10.8. The number of carboxylic acid groups (broad SMARTS) is 1. The molecule has 78 valence electrons. The summed E-state index contributed by atoms with van der Waals surface area (Å²) in [6, 6.07) is 1.83. The molecule has 1 atom stereocenters. The highest BCUT2D eigenvalue weighted by Crippen LogP contribution is 2.20. The molecular weight excluding hydrogens is 200 g/mol. The average Bonchev–Trinajstić information content (AvgIpc) is 2.55. The van der Waals surface area contributed by atoms with Crippen LogP contribution in [-0.4, -0.2) is 26.1 Å². The van der Waals surface area contributed by atoms with Gasteiger partial charge in [0.1, 0.15) is 5.25 Å². The predicted molar refractivity (Wildman–Crippen MR) is 56.1 cm³/mol. The van der Waals surface area contributed by atoms with Crippen molar-refractivity contribution >= 4 is 17.7 Å². The lowest BCUT2D eigenvalue weighted by atomic mass is 10.1. The van der Waals surface area contributed by atoms with Crippen molar-refractivity contribution in [2.45, 2.75) is 25.0 Å². The Morgan fingerprint density at radius 1 is 1.64 bits per heavy atom. The van der Waals surface area contributed by atoms with Crippen LogP contribution in [0.2, 0.25) is 0 Å². The van der Waals surface area contributed by atoms with E-state index in [0.717, 1.165) is 0 Å². The van der Waals surface area contributed by atoms with E-state index in [2.05, 4.69) is 5.10 Å². The minimum Gasteiger partial charge on any atom is -0.480 e. The standard InChI is InChI=1S/C9H14N2O2S/c1-7(2)8(9(12)13)14-6-11-5-3-4-10-11/h3-5,7-8H,6H2,1-2H3,(H,12,13). The monoisotopic (exact) mass is 214 g/mol. The van der Waals surface area contributed by atoms with Crippen molar-refractivity contribution in [2.24, 2.45) is 5.92 Å². The Labute approximate surface area is 87.3 Å². The van der Waals surface area contributed by atoms with Gasteiger partial charge in [-0.15, -0.1) is 11.8 Å². The van der Waals surface area contributed by atoms with Gasteiger partial charge in [0.25, 0.3) is 0 Å². The number of thioether (sulfide) groups is 1. The summed E-state index contributed by atoms with van der Waals surface area (Å²) in [5.74, 6) is -0.0347. The number of carboxylic acids is 1. The highest BCUT2D eigenvalue weighted by molar-refractivity contribution is 7.99. The Hall–Kier alpha value is -0.970. The number of aromatic nitrogens is 2. The molecule has 1 aromatic heterocycles. The second kappa shape index (κ2) is 5.05. The summed E-state index contributed by atoms with van der Waals surface area (Å²) >= 11 is 1.40. The van der Waals surface area contributed by atoms with Crippen molar-refractivity contribution < 1.29 is 9.90 Å². The molecule has 0 fully saturated rings. The van der Waals surface area contributed by atoms with Crippen LogP contribution in [0.25, 0.3) is 0 Å². The van der Waals surface area contributed by atoms with E-state index >= 15 is 0 Å². The molecule has 1 N–H and O–H groups in total. The summed E-state index contributed by atoms with van der Waals surface area (Å²) in [4.78, 5) is 10.8. The van der Waals surface area contributed by atoms with Gasteiger partial charge in [-0.05, 0) is 12.0 Å². The van der Waals surface area contributed by atoms with Gasteiger partial charge in [0.15, 0.2) is 0 Å². The van der Waals surface area contributed by atoms with Crippen LogP contribution < -0.4 is 0 Å². The normalized spacial score (nSPS) is 13.1. The van der Waals surface area contributed by atoms with E-state index in [1.807, 2.05) is 26.1 Å². The fourth-order valence-corrected chi connectivity index (χ4v) is 2.08. The first kappa shape index (κ1) is 11.1. The number of aliphatic carboxylic acids is 1. The largest absolute Gasteiger partial charge is 0.480 e. The van der Waals surface area contributed by atoms with E-state index in [9.17, 15) is 4.79 Å². The molecule has 0 aliphatic rings. The number of hydrogen-bond donors (Lipinski definition) is 1. The number of hydrogen-bond acceptors (Lipinski definition) is 3. The van der Waals surface area contributed by atoms with Crippen molar-refractivity contribution in [3.8, 4) is 0 Å². The SMILES string of the molecule is CC(C)C(SCn1cccn1)C(=O)O. The fraction of sp³-hybridized carbons (Fsp3) is 0.556. The Bertz CT molecular complexity index is 285. The molecule has 4 nitrogen and oxygen atoms in total. The van der Waals surface area contributed by atoms with Crippen LogP contribution in [0.3, 0.4) is 0 Å². The molecule has 0 aliphatic carbocycles. The molecule has 14 heavy (non-hydrogen) atoms. The number of rotatable bonds is 5. The van der Waals surface area contributed by atoms with Crippen LogP contribution in [0, 0.1) is 5.92 Å². The lowest BCUT2D eigenvalue weighted by molar-refractivity contribution is -0.137. The van der Waals surface area contributed by atoms with Crippen molar-refractivity contribution in [3.05, 3.63) is 18.5 Å². The number of nitrogens with zero attached hydrogens (tertiary/aromatic N) is 2. The first-order valence-electron chi connectivity index (χ1n) is 4.43. The highest BCUT2D eigenvalue weighted by Gasteiger charge is 2.21. The number of carbonyl (C=O) groups is 1. The Kier molecular flexibility index (Phi) is 4.00. The van der Waals surface area contributed by atoms with Crippen LogP contribution in [0.5, 0.6) is 0 Å². The molecule has 1 heterocycles. The van der Waals surface area contributed by atoms with Gasteiger partial charge in [-0.3, -0.25) is 9.48 Å². The molecular formula is C9H14N2O2S. The van der Waals surface area contributed by atoms with E-state index in [1.165, 1.54) is 11.8 Å². The van der Waals surface area contributed by atoms with E-state index in [0.29, 0.717) is 5.88 Å². The lowest BCUT2D eigenvalue weighted by Crippen LogP contribution is -2.23. The van der Waals surface area contributed by atoms with Gasteiger partial charge in [0.05, 0.1) is 5.88 Å². The first-order valence-corrected chi connectivity index (χ1v) is 5.48. The maximum Gasteiger partial charge on any atom is 0.316 e. The molecule has 5 heteroatoms. The van der Waals surface area contributed by atoms with Crippen molar-refractivity contribution in [3.63, 3.8) is 0 Å². The predicted octanol–water partition coefficient (Wildman–Crippen LogP) is 1.68. The van der Waals surface area contributed by atoms with Gasteiger partial charge in [0.2, 0.25) is 0 Å². The maximum atomic E-state index is 10.8. The minimum atomic E-state index is -0.753. The molecule has 0 saturated carbocycles. The summed E-state index contributed by atoms with van der Waals surface area (Å²) in [6.45, 7) is 3.82. The molecule has 0 amide bonds. The van der Waals surface area contributed by atoms with Gasteiger partial charge in [0, 0.05) is 12.4 Å². The van der Waals surface area contributed by atoms with E-state index < -0.39 is 5.97 Å². The van der Waals surface area contributed by atoms with Crippen LogP contribution >= 0.6 is 11.8 Å². The van der Waals surface area contributed by atoms with Crippen LogP contribution in [0.4, 0.5) is 0 Å². The van der Waals surface area contributed by atoms with Gasteiger partial charge < -0.3 is 5.11 Å². The zero-order valence-corrected chi connectivity index (χ0v) is 9.07. The van der Waals surface area contributed by atoms with Gasteiger partial charge in [-0.25, -0.2) is 0 Å². The molecule has 0 aromatic carbocycles. The Morgan fingerprint density at radius 3 is 2.79 bits per heavy atom. The Balaban J connectivity index is 2.45. The van der Waals surface area contributed by atoms with Crippen molar-refractivity contribution in [1.29, 1.82) is 0 Å². The zero-order chi connectivity index (χ0) is 10.6. The lowest BCUT2D eigenvalue weighted by Gasteiger charge is -2.15. The van der Waals surface area contributed by atoms with E-state index in [4.69, 9.17) is 5.11 Å². The van der Waals surface area contributed by atoms with Crippen LogP contribution in [0.15, 0.2) is 18.5 Å². The molecule has 1 unspecified atom stereocenters. The summed E-state index contributed by atoms with van der Waals surface area (Å²) in [5, 5.41) is 12.6. The summed E-state index contributed by atoms with van der Waals surface area (Å²) in [6.07, 6.45) is 3.51. The summed E-state index contributed by atoms with van der Waals surface area (Å²) in [7, 11) is 0. The molecule has 1 aromatic rings. The molecule has 0 bridgehead atoms. The third kappa shape index (κ3) is 3.06. The van der Waals surface area contributed by atoms with Crippen LogP contribution in [-0.2, 0) is 10.7 Å². The van der Waals surface area contributed by atoms with Crippen molar-refractivity contribution in [2.75, 3.05) is 0 Å². The van der Waals surface area contributed by atoms with E-state index in [-0.39, 0.29) is 11.2 Å². The molecule has 0 saturated heterocycles. The van der Waals surface area contributed by atoms with E-state index in [1.54, 1.807) is 10.9 Å². The fourth-order valence-electron chi connectivity index (χ4n) is 1.08. The summed E-state index contributed by atoms with van der Waals surface area (Å²) in [5.41, 5.74) is 0. The zero-order valence-electron chi connectivity index (χ0n) is 8.25. The smallest absolute Gasteiger partial charge is 0.316 e. The summed E-state index contributed by atoms with van der Waals surface area (Å²) < 4.78 is 1.73. The second-order valence-electron chi connectivity index (χ2n) is 3.34. The minimum absolute atomic E-state index is 0.132. The Morgan fingerprint density at radius 2 is 2.36 bits per heavy atom. The molecule has 1 rings (SSSR count). The highest BCUT2D eigenvalue weighted by atomic mass is 32.2. The first-order chi connectivity index (χ1) is 6.61. The van der Waals surface area contributed by atoms with Gasteiger partial charge in [-0.1, -0.05) is 13.8 Å². The topological polar surface area (TPSA) is 55.1 Å².